The lowest BCUT2D eigenvalue weighted by Crippen LogP contribution is -2.91. The lowest BCUT2D eigenvalue weighted by molar-refractivity contribution is -0.280. The number of aryl methyl sites for hydroxylation is 1. The topological polar surface area (TPSA) is 50.0 Å². The van der Waals surface area contributed by atoms with Gasteiger partial charge in [0.1, 0.15) is 0 Å². The standard InChI is InChI=1S/C30H48N10/c1-22-6-8-23(9-7-22)24(25-35-14-29(39-10-27(2,3)31-39)12-33(18-35)19-36(25)15-29)26-37-16-30(40-11-28(4,5)32-40)13-34(20-37)21-38(26)17-30/h6-9,24-26,31-32H,10-21H2,1-5H3. The molecule has 0 saturated carbocycles. The van der Waals surface area contributed by atoms with Crippen molar-refractivity contribution in [1.82, 2.24) is 50.3 Å². The highest BCUT2D eigenvalue weighted by molar-refractivity contribution is 5.30. The van der Waals surface area contributed by atoms with Crippen molar-refractivity contribution >= 4 is 0 Å². The van der Waals surface area contributed by atoms with Crippen LogP contribution in [0.1, 0.15) is 44.7 Å². The summed E-state index contributed by atoms with van der Waals surface area (Å²) in [4.78, 5) is 16.8. The lowest BCUT2D eigenvalue weighted by Gasteiger charge is -2.73. The highest BCUT2D eigenvalue weighted by atomic mass is 15.7. The highest BCUT2D eigenvalue weighted by Crippen LogP contribution is 2.48. The SMILES string of the molecule is Cc1ccc(C(C2N3CN4CN2CC(N2CC(C)(C)N2)(C4)C3)C2N3CN4CN2CC(N2CC(C)(C)N2)(C4)C3)cc1. The molecule has 1 aromatic rings. The van der Waals surface area contributed by atoms with Gasteiger partial charge in [-0.2, -0.15) is 0 Å². The van der Waals surface area contributed by atoms with Crippen LogP contribution < -0.4 is 10.9 Å². The normalized spacial score (nSPS) is 50.5. The fourth-order valence-electron chi connectivity index (χ4n) is 10.1. The molecule has 1 aromatic carbocycles. The van der Waals surface area contributed by atoms with E-state index < -0.39 is 0 Å². The summed E-state index contributed by atoms with van der Waals surface area (Å²) >= 11 is 0. The van der Waals surface area contributed by atoms with Crippen molar-refractivity contribution in [3.05, 3.63) is 35.4 Å². The van der Waals surface area contributed by atoms with Gasteiger partial charge in [0.2, 0.25) is 0 Å². The van der Waals surface area contributed by atoms with Gasteiger partial charge in [-0.25, -0.2) is 20.9 Å². The van der Waals surface area contributed by atoms with Gasteiger partial charge in [0, 0.05) is 69.4 Å². The molecule has 10 nitrogen and oxygen atoms in total. The molecular formula is C30H48N10. The summed E-state index contributed by atoms with van der Waals surface area (Å²) in [5, 5.41) is 5.17. The summed E-state index contributed by atoms with van der Waals surface area (Å²) in [6.45, 7) is 25.2. The zero-order valence-electron chi connectivity index (χ0n) is 25.1. The molecule has 10 aliphatic heterocycles. The van der Waals surface area contributed by atoms with E-state index in [1.54, 1.807) is 0 Å². The molecule has 2 N–H and O–H groups in total. The van der Waals surface area contributed by atoms with Crippen LogP contribution in [-0.2, 0) is 0 Å². The quantitative estimate of drug-likeness (QED) is 0.531. The third-order valence-corrected chi connectivity index (χ3v) is 11.3. The average molecular weight is 549 g/mol. The Kier molecular flexibility index (Phi) is 5.10. The molecule has 8 bridgehead atoms. The van der Waals surface area contributed by atoms with E-state index in [9.17, 15) is 0 Å². The van der Waals surface area contributed by atoms with Gasteiger partial charge in [0.15, 0.2) is 0 Å². The van der Waals surface area contributed by atoms with Gasteiger partial charge in [0.05, 0.1) is 50.1 Å². The molecule has 10 fully saturated rings. The van der Waals surface area contributed by atoms with Gasteiger partial charge in [-0.3, -0.25) is 29.4 Å². The van der Waals surface area contributed by atoms with Gasteiger partial charge >= 0.3 is 0 Å². The number of benzene rings is 1. The number of hydrazine groups is 2. The fourth-order valence-corrected chi connectivity index (χ4v) is 10.1. The second-order valence-corrected chi connectivity index (χ2v) is 16.1. The monoisotopic (exact) mass is 548 g/mol. The third-order valence-electron chi connectivity index (χ3n) is 11.3. The summed E-state index contributed by atoms with van der Waals surface area (Å²) in [5.41, 5.74) is 11.3. The van der Waals surface area contributed by atoms with E-state index in [-0.39, 0.29) is 22.2 Å². The molecule has 10 heterocycles. The molecule has 10 saturated heterocycles. The molecule has 0 radical (unpaired) electrons. The largest absolute Gasteiger partial charge is 0.275 e. The molecule has 0 aromatic heterocycles. The second-order valence-electron chi connectivity index (χ2n) is 16.1. The van der Waals surface area contributed by atoms with Gasteiger partial charge in [-0.1, -0.05) is 29.8 Å². The molecule has 10 aliphatic rings. The van der Waals surface area contributed by atoms with Crippen molar-refractivity contribution in [2.45, 2.75) is 75.0 Å². The van der Waals surface area contributed by atoms with Crippen molar-refractivity contribution < 1.29 is 0 Å². The Morgan fingerprint density at radius 3 is 1.32 bits per heavy atom. The third kappa shape index (κ3) is 3.58. The summed E-state index contributed by atoms with van der Waals surface area (Å²) in [5.74, 6) is 0.429. The molecule has 40 heavy (non-hydrogen) atoms. The molecule has 0 spiro atoms. The zero-order valence-corrected chi connectivity index (χ0v) is 25.1. The first kappa shape index (κ1) is 25.3. The Hall–Kier alpha value is -1.18. The molecule has 0 amide bonds. The first-order valence-electron chi connectivity index (χ1n) is 15.6. The van der Waals surface area contributed by atoms with Crippen LogP contribution in [0, 0.1) is 6.92 Å². The number of hydrogen-bond donors (Lipinski definition) is 2. The minimum atomic E-state index is 0.191. The van der Waals surface area contributed by atoms with E-state index in [0.29, 0.717) is 18.2 Å². The number of hydrogen-bond acceptors (Lipinski definition) is 10. The molecule has 4 atom stereocenters. The van der Waals surface area contributed by atoms with Crippen LogP contribution in [0.3, 0.4) is 0 Å². The Morgan fingerprint density at radius 2 is 0.975 bits per heavy atom. The van der Waals surface area contributed by atoms with Crippen LogP contribution in [-0.4, -0.2) is 153 Å². The van der Waals surface area contributed by atoms with E-state index in [2.05, 4.69) is 109 Å². The molecule has 11 rings (SSSR count). The van der Waals surface area contributed by atoms with Gasteiger partial charge in [-0.05, 0) is 40.2 Å². The van der Waals surface area contributed by atoms with Crippen LogP contribution in [0.25, 0.3) is 0 Å². The Balaban J connectivity index is 1.06. The van der Waals surface area contributed by atoms with Crippen LogP contribution in [0.15, 0.2) is 24.3 Å². The number of nitrogens with zero attached hydrogens (tertiary/aromatic N) is 8. The minimum absolute atomic E-state index is 0.191. The van der Waals surface area contributed by atoms with Crippen molar-refractivity contribution in [3.63, 3.8) is 0 Å². The Morgan fingerprint density at radius 1 is 0.600 bits per heavy atom. The predicted molar refractivity (Wildman–Crippen MR) is 155 cm³/mol. The van der Waals surface area contributed by atoms with E-state index >= 15 is 0 Å². The summed E-state index contributed by atoms with van der Waals surface area (Å²) in [6, 6.07) is 9.59. The second kappa shape index (κ2) is 8.05. The fraction of sp³-hybridized carbons (Fsp3) is 0.800. The van der Waals surface area contributed by atoms with Gasteiger partial charge in [-0.15, -0.1) is 0 Å². The Labute approximate surface area is 239 Å². The maximum atomic E-state index is 3.82. The van der Waals surface area contributed by atoms with Crippen molar-refractivity contribution in [2.75, 3.05) is 79.0 Å². The molecule has 0 aliphatic carbocycles. The van der Waals surface area contributed by atoms with Crippen LogP contribution >= 0.6 is 0 Å². The summed E-state index contributed by atoms with van der Waals surface area (Å²) < 4.78 is 0. The highest BCUT2D eigenvalue weighted by Gasteiger charge is 2.64. The first-order chi connectivity index (χ1) is 19.0. The smallest absolute Gasteiger partial charge is 0.0743 e. The van der Waals surface area contributed by atoms with Crippen molar-refractivity contribution in [3.8, 4) is 0 Å². The van der Waals surface area contributed by atoms with Gasteiger partial charge in [0.25, 0.3) is 0 Å². The first-order valence-corrected chi connectivity index (χ1v) is 15.6. The van der Waals surface area contributed by atoms with E-state index in [1.807, 2.05) is 0 Å². The van der Waals surface area contributed by atoms with E-state index in [1.165, 1.54) is 24.2 Å². The molecule has 218 valence electrons. The summed E-state index contributed by atoms with van der Waals surface area (Å²) in [6.07, 6.45) is 0.854. The zero-order chi connectivity index (χ0) is 27.2. The minimum Gasteiger partial charge on any atom is -0.275 e. The van der Waals surface area contributed by atoms with Crippen LogP contribution in [0.2, 0.25) is 0 Å². The number of nitrogens with one attached hydrogen (secondary N) is 2. The average Bonchev–Trinajstić information content (AvgIpc) is 2.84. The van der Waals surface area contributed by atoms with Gasteiger partial charge < -0.3 is 0 Å². The lowest BCUT2D eigenvalue weighted by atomic mass is 9.78. The predicted octanol–water partition coefficient (Wildman–Crippen LogP) is 0.130. The summed E-state index contributed by atoms with van der Waals surface area (Å²) in [7, 11) is 0. The van der Waals surface area contributed by atoms with E-state index in [0.717, 1.165) is 65.9 Å². The van der Waals surface area contributed by atoms with Crippen LogP contribution in [0.4, 0.5) is 0 Å². The van der Waals surface area contributed by atoms with Crippen LogP contribution in [0.5, 0.6) is 0 Å². The maximum Gasteiger partial charge on any atom is 0.0743 e. The maximum absolute atomic E-state index is 3.82. The van der Waals surface area contributed by atoms with Crippen molar-refractivity contribution in [2.24, 2.45) is 0 Å². The molecular weight excluding hydrogens is 500 g/mol. The number of rotatable bonds is 5. The molecule has 10 heteroatoms. The molecule has 4 unspecified atom stereocenters. The van der Waals surface area contributed by atoms with E-state index in [4.69, 9.17) is 0 Å². The van der Waals surface area contributed by atoms with Crippen molar-refractivity contribution in [1.29, 1.82) is 0 Å². The Bertz CT molecular complexity index is 1080.